The zero-order chi connectivity index (χ0) is 10.8. The predicted octanol–water partition coefficient (Wildman–Crippen LogP) is 3.42. The van der Waals surface area contributed by atoms with Crippen molar-refractivity contribution in [1.82, 2.24) is 0 Å². The Morgan fingerprint density at radius 3 is 2.80 bits per heavy atom. The largest absolute Gasteiger partial charge is 0.295 e. The highest BCUT2D eigenvalue weighted by atomic mass is 79.9. The minimum Gasteiger partial charge on any atom is -0.295 e. The summed E-state index contributed by atoms with van der Waals surface area (Å²) in [6.45, 7) is 0. The van der Waals surface area contributed by atoms with Crippen molar-refractivity contribution in [2.45, 2.75) is 19.3 Å². The van der Waals surface area contributed by atoms with Crippen molar-refractivity contribution in [3.63, 3.8) is 0 Å². The lowest BCUT2D eigenvalue weighted by Gasteiger charge is -2.05. The van der Waals surface area contributed by atoms with Gasteiger partial charge in [0, 0.05) is 6.42 Å². The van der Waals surface area contributed by atoms with Gasteiger partial charge in [-0.3, -0.25) is 4.79 Å². The van der Waals surface area contributed by atoms with Crippen molar-refractivity contribution in [1.29, 1.82) is 0 Å². The molecule has 0 radical (unpaired) electrons. The van der Waals surface area contributed by atoms with Gasteiger partial charge in [-0.2, -0.15) is 0 Å². The predicted molar refractivity (Wildman–Crippen MR) is 60.1 cm³/mol. The molecule has 2 rings (SSSR count). The molecule has 1 aromatic rings. The van der Waals surface area contributed by atoms with Crippen molar-refractivity contribution >= 4 is 21.7 Å². The van der Waals surface area contributed by atoms with Crippen LogP contribution in [-0.4, -0.2) is 5.78 Å². The molecule has 1 aliphatic rings. The molecule has 0 N–H and O–H groups in total. The molecule has 0 aromatic heterocycles. The molecule has 3 heteroatoms. The Kier molecular flexibility index (Phi) is 3.00. The second kappa shape index (κ2) is 4.27. The number of ketones is 1. The lowest BCUT2D eigenvalue weighted by Crippen LogP contribution is -1.91. The number of rotatable bonds is 2. The Labute approximate surface area is 96.1 Å². The summed E-state index contributed by atoms with van der Waals surface area (Å²) >= 11 is 3.22. The summed E-state index contributed by atoms with van der Waals surface area (Å²) in [7, 11) is 0. The van der Waals surface area contributed by atoms with E-state index in [4.69, 9.17) is 0 Å². The summed E-state index contributed by atoms with van der Waals surface area (Å²) in [5.74, 6) is -0.0741. The molecular formula is C12H10BrFO. The standard InChI is InChI=1S/C12H10BrFO/c13-12-9(2-1-3-11(12)14)6-8-4-5-10(15)7-8/h1-3,7H,4-6H2. The highest BCUT2D eigenvalue weighted by molar-refractivity contribution is 9.10. The fraction of sp³-hybridized carbons (Fsp3) is 0.250. The van der Waals surface area contributed by atoms with Gasteiger partial charge < -0.3 is 0 Å². The van der Waals surface area contributed by atoms with Gasteiger partial charge >= 0.3 is 0 Å². The summed E-state index contributed by atoms with van der Waals surface area (Å²) in [6, 6.07) is 4.98. The van der Waals surface area contributed by atoms with E-state index in [0.29, 0.717) is 17.3 Å². The van der Waals surface area contributed by atoms with E-state index >= 15 is 0 Å². The monoisotopic (exact) mass is 268 g/mol. The van der Waals surface area contributed by atoms with E-state index in [9.17, 15) is 9.18 Å². The minimum atomic E-state index is -0.252. The van der Waals surface area contributed by atoms with Gasteiger partial charge in [-0.15, -0.1) is 0 Å². The minimum absolute atomic E-state index is 0.178. The Bertz CT molecular complexity index is 437. The summed E-state index contributed by atoms with van der Waals surface area (Å²) in [5, 5.41) is 0. The van der Waals surface area contributed by atoms with Crippen LogP contribution in [0, 0.1) is 5.82 Å². The van der Waals surface area contributed by atoms with Gasteiger partial charge in [0.25, 0.3) is 0 Å². The van der Waals surface area contributed by atoms with Crippen LogP contribution in [0.3, 0.4) is 0 Å². The second-order valence-corrected chi connectivity index (χ2v) is 4.45. The lowest BCUT2D eigenvalue weighted by molar-refractivity contribution is -0.114. The van der Waals surface area contributed by atoms with E-state index in [1.165, 1.54) is 6.07 Å². The molecule has 78 valence electrons. The normalized spacial score (nSPS) is 15.6. The van der Waals surface area contributed by atoms with Crippen molar-refractivity contribution in [3.05, 3.63) is 45.7 Å². The van der Waals surface area contributed by atoms with Crippen LogP contribution in [0.2, 0.25) is 0 Å². The second-order valence-electron chi connectivity index (χ2n) is 3.66. The number of carbonyl (C=O) groups is 1. The molecule has 0 amide bonds. The maximum atomic E-state index is 13.2. The molecule has 1 nitrogen and oxygen atoms in total. The first kappa shape index (κ1) is 10.6. The first-order valence-electron chi connectivity index (χ1n) is 4.82. The highest BCUT2D eigenvalue weighted by Gasteiger charge is 2.14. The van der Waals surface area contributed by atoms with Crippen LogP contribution in [0.15, 0.2) is 34.3 Å². The molecular weight excluding hydrogens is 259 g/mol. The quantitative estimate of drug-likeness (QED) is 0.804. The summed E-state index contributed by atoms with van der Waals surface area (Å²) < 4.78 is 13.7. The SMILES string of the molecule is O=C1C=C(Cc2cccc(F)c2Br)CC1. The van der Waals surface area contributed by atoms with Crippen molar-refractivity contribution < 1.29 is 9.18 Å². The molecule has 1 aliphatic carbocycles. The van der Waals surface area contributed by atoms with Crippen molar-refractivity contribution in [3.8, 4) is 0 Å². The molecule has 0 spiro atoms. The van der Waals surface area contributed by atoms with E-state index < -0.39 is 0 Å². The van der Waals surface area contributed by atoms with Crippen molar-refractivity contribution in [2.75, 3.05) is 0 Å². The third-order valence-corrected chi connectivity index (χ3v) is 3.39. The van der Waals surface area contributed by atoms with Crippen LogP contribution in [0.4, 0.5) is 4.39 Å². The van der Waals surface area contributed by atoms with Gasteiger partial charge in [-0.05, 0) is 46.5 Å². The highest BCUT2D eigenvalue weighted by Crippen LogP contribution is 2.26. The molecule has 0 saturated carbocycles. The Balaban J connectivity index is 2.21. The summed E-state index contributed by atoms with van der Waals surface area (Å²) in [4.78, 5) is 11.0. The molecule has 0 saturated heterocycles. The fourth-order valence-electron chi connectivity index (χ4n) is 1.72. The molecule has 15 heavy (non-hydrogen) atoms. The third-order valence-electron chi connectivity index (χ3n) is 2.51. The lowest BCUT2D eigenvalue weighted by atomic mass is 10.0. The van der Waals surface area contributed by atoms with Crippen LogP contribution in [-0.2, 0) is 11.2 Å². The Morgan fingerprint density at radius 2 is 2.13 bits per heavy atom. The number of allylic oxidation sites excluding steroid dienone is 2. The van der Waals surface area contributed by atoms with E-state index in [0.717, 1.165) is 17.6 Å². The Morgan fingerprint density at radius 1 is 1.33 bits per heavy atom. The van der Waals surface area contributed by atoms with Gasteiger partial charge in [0.15, 0.2) is 5.78 Å². The molecule has 0 fully saturated rings. The molecule has 0 aliphatic heterocycles. The van der Waals surface area contributed by atoms with Crippen LogP contribution in [0.1, 0.15) is 18.4 Å². The summed E-state index contributed by atoms with van der Waals surface area (Å²) in [6.07, 6.45) is 3.74. The molecule has 0 unspecified atom stereocenters. The number of hydrogen-bond donors (Lipinski definition) is 0. The van der Waals surface area contributed by atoms with E-state index in [1.807, 2.05) is 6.07 Å². The smallest absolute Gasteiger partial charge is 0.155 e. The third kappa shape index (κ3) is 2.34. The van der Waals surface area contributed by atoms with Crippen LogP contribution < -0.4 is 0 Å². The molecule has 0 heterocycles. The van der Waals surface area contributed by atoms with Crippen LogP contribution in [0.5, 0.6) is 0 Å². The van der Waals surface area contributed by atoms with Gasteiger partial charge in [0.2, 0.25) is 0 Å². The van der Waals surface area contributed by atoms with Gasteiger partial charge in [-0.25, -0.2) is 4.39 Å². The van der Waals surface area contributed by atoms with Crippen LogP contribution >= 0.6 is 15.9 Å². The maximum Gasteiger partial charge on any atom is 0.155 e. The fourth-order valence-corrected chi connectivity index (χ4v) is 2.13. The number of halogens is 2. The van der Waals surface area contributed by atoms with Crippen LogP contribution in [0.25, 0.3) is 0 Å². The van der Waals surface area contributed by atoms with E-state index in [2.05, 4.69) is 15.9 Å². The van der Waals surface area contributed by atoms with Crippen molar-refractivity contribution in [2.24, 2.45) is 0 Å². The average molecular weight is 269 g/mol. The van der Waals surface area contributed by atoms with Gasteiger partial charge in [0.05, 0.1) is 4.47 Å². The molecule has 0 atom stereocenters. The number of benzene rings is 1. The summed E-state index contributed by atoms with van der Waals surface area (Å²) in [5.41, 5.74) is 1.99. The van der Waals surface area contributed by atoms with E-state index in [-0.39, 0.29) is 11.6 Å². The zero-order valence-electron chi connectivity index (χ0n) is 8.09. The number of hydrogen-bond acceptors (Lipinski definition) is 1. The van der Waals surface area contributed by atoms with Gasteiger partial charge in [-0.1, -0.05) is 17.7 Å². The zero-order valence-corrected chi connectivity index (χ0v) is 9.68. The first-order valence-corrected chi connectivity index (χ1v) is 5.61. The average Bonchev–Trinajstić information content (AvgIpc) is 2.59. The molecule has 1 aromatic carbocycles. The molecule has 0 bridgehead atoms. The topological polar surface area (TPSA) is 17.1 Å². The first-order chi connectivity index (χ1) is 7.16. The number of carbonyl (C=O) groups excluding carboxylic acids is 1. The van der Waals surface area contributed by atoms with Gasteiger partial charge in [0.1, 0.15) is 5.82 Å². The van der Waals surface area contributed by atoms with E-state index in [1.54, 1.807) is 12.1 Å². The Hall–Kier alpha value is -0.960. The maximum absolute atomic E-state index is 13.2.